The molecule has 84 valence electrons. The van der Waals surface area contributed by atoms with E-state index >= 15 is 0 Å². The first-order valence-corrected chi connectivity index (χ1v) is 4.72. The average Bonchev–Trinajstić information content (AvgIpc) is 2.27. The van der Waals surface area contributed by atoms with Gasteiger partial charge in [-0.1, -0.05) is 6.07 Å². The van der Waals surface area contributed by atoms with Gasteiger partial charge in [0.05, 0.1) is 20.8 Å². The summed E-state index contributed by atoms with van der Waals surface area (Å²) in [7, 11) is 4.92. The lowest BCUT2D eigenvalue weighted by Crippen LogP contribution is -2.12. The minimum atomic E-state index is 0.601. The van der Waals surface area contributed by atoms with Crippen LogP contribution in [0.4, 0.5) is 0 Å². The Labute approximate surface area is 90.1 Å². The van der Waals surface area contributed by atoms with Crippen LogP contribution in [0.3, 0.4) is 0 Å². The summed E-state index contributed by atoms with van der Waals surface area (Å²) in [6.07, 6.45) is 0. The molecule has 0 saturated carbocycles. The van der Waals surface area contributed by atoms with Crippen molar-refractivity contribution < 1.29 is 14.3 Å². The van der Waals surface area contributed by atoms with E-state index in [0.29, 0.717) is 13.2 Å². The molecule has 0 atom stereocenters. The van der Waals surface area contributed by atoms with Gasteiger partial charge in [-0.2, -0.15) is 5.48 Å². The summed E-state index contributed by atoms with van der Waals surface area (Å²) in [5, 5.41) is 0. The van der Waals surface area contributed by atoms with Crippen LogP contribution in [0.25, 0.3) is 0 Å². The number of hydrogen-bond donors (Lipinski definition) is 1. The van der Waals surface area contributed by atoms with Crippen LogP contribution < -0.4 is 10.2 Å². The van der Waals surface area contributed by atoms with Crippen LogP contribution in [0.1, 0.15) is 11.1 Å². The highest BCUT2D eigenvalue weighted by atomic mass is 16.6. The van der Waals surface area contributed by atoms with Crippen LogP contribution in [-0.4, -0.2) is 21.3 Å². The molecule has 1 rings (SSSR count). The van der Waals surface area contributed by atoms with E-state index in [-0.39, 0.29) is 0 Å². The van der Waals surface area contributed by atoms with E-state index in [4.69, 9.17) is 14.3 Å². The van der Waals surface area contributed by atoms with E-state index in [1.165, 1.54) is 0 Å². The predicted molar refractivity (Wildman–Crippen MR) is 57.6 cm³/mol. The average molecular weight is 211 g/mol. The molecular weight excluding hydrogens is 194 g/mol. The second-order valence-electron chi connectivity index (χ2n) is 3.10. The summed E-state index contributed by atoms with van der Waals surface area (Å²) >= 11 is 0. The van der Waals surface area contributed by atoms with Gasteiger partial charge in [0.1, 0.15) is 5.75 Å². The largest absolute Gasteiger partial charge is 0.496 e. The summed E-state index contributed by atoms with van der Waals surface area (Å²) in [4.78, 5) is 4.81. The summed E-state index contributed by atoms with van der Waals surface area (Å²) in [5.74, 6) is 0.847. The first kappa shape index (κ1) is 12.0. The van der Waals surface area contributed by atoms with Gasteiger partial charge in [-0.25, -0.2) is 0 Å². The predicted octanol–water partition coefficient (Wildman–Crippen LogP) is 1.49. The molecule has 0 aliphatic carbocycles. The third kappa shape index (κ3) is 3.51. The minimum absolute atomic E-state index is 0.601. The lowest BCUT2D eigenvalue weighted by atomic mass is 10.1. The monoisotopic (exact) mass is 211 g/mol. The molecule has 0 aromatic heterocycles. The fourth-order valence-electron chi connectivity index (χ4n) is 1.38. The van der Waals surface area contributed by atoms with Gasteiger partial charge < -0.3 is 14.3 Å². The van der Waals surface area contributed by atoms with E-state index in [1.54, 1.807) is 21.3 Å². The summed E-state index contributed by atoms with van der Waals surface area (Å²) in [5.41, 5.74) is 4.95. The summed E-state index contributed by atoms with van der Waals surface area (Å²) in [6, 6.07) is 5.95. The van der Waals surface area contributed by atoms with E-state index in [1.807, 2.05) is 18.2 Å². The highest BCUT2D eigenvalue weighted by Gasteiger charge is 2.03. The third-order valence-electron chi connectivity index (χ3n) is 2.06. The molecule has 0 saturated heterocycles. The lowest BCUT2D eigenvalue weighted by molar-refractivity contribution is 0.0860. The molecule has 0 bridgehead atoms. The Morgan fingerprint density at radius 3 is 2.60 bits per heavy atom. The second-order valence-corrected chi connectivity index (χ2v) is 3.10. The summed E-state index contributed by atoms with van der Waals surface area (Å²) in [6.45, 7) is 1.21. The summed E-state index contributed by atoms with van der Waals surface area (Å²) < 4.78 is 10.3. The topological polar surface area (TPSA) is 39.7 Å². The SMILES string of the molecule is COCc1ccc(OC)c(CNOC)c1. The Morgan fingerprint density at radius 2 is 2.00 bits per heavy atom. The van der Waals surface area contributed by atoms with Crippen molar-refractivity contribution >= 4 is 0 Å². The Balaban J connectivity index is 2.81. The van der Waals surface area contributed by atoms with E-state index < -0.39 is 0 Å². The number of benzene rings is 1. The first-order chi connectivity index (χ1) is 7.31. The van der Waals surface area contributed by atoms with Gasteiger partial charge in [-0.15, -0.1) is 0 Å². The Morgan fingerprint density at radius 1 is 1.20 bits per heavy atom. The zero-order valence-electron chi connectivity index (χ0n) is 9.37. The molecule has 15 heavy (non-hydrogen) atoms. The molecule has 0 amide bonds. The molecular formula is C11H17NO3. The first-order valence-electron chi connectivity index (χ1n) is 4.72. The quantitative estimate of drug-likeness (QED) is 0.724. The van der Waals surface area contributed by atoms with Gasteiger partial charge in [0.15, 0.2) is 0 Å². The lowest BCUT2D eigenvalue weighted by Gasteiger charge is -2.10. The zero-order valence-corrected chi connectivity index (χ0v) is 9.37. The van der Waals surface area contributed by atoms with Crippen molar-refractivity contribution in [3.63, 3.8) is 0 Å². The van der Waals surface area contributed by atoms with Crippen LogP contribution in [0.15, 0.2) is 18.2 Å². The maximum atomic E-state index is 5.24. The number of nitrogens with one attached hydrogen (secondary N) is 1. The normalized spacial score (nSPS) is 10.3. The van der Waals surface area contributed by atoms with Gasteiger partial charge in [0, 0.05) is 19.2 Å². The van der Waals surface area contributed by atoms with Crippen molar-refractivity contribution in [2.45, 2.75) is 13.2 Å². The maximum absolute atomic E-state index is 5.24. The second kappa shape index (κ2) is 6.40. The molecule has 0 heterocycles. The number of methoxy groups -OCH3 is 2. The van der Waals surface area contributed by atoms with Gasteiger partial charge in [0.2, 0.25) is 0 Å². The number of ether oxygens (including phenoxy) is 2. The fourth-order valence-corrected chi connectivity index (χ4v) is 1.38. The zero-order chi connectivity index (χ0) is 11.1. The molecule has 1 N–H and O–H groups in total. The van der Waals surface area contributed by atoms with Crippen molar-refractivity contribution in [2.75, 3.05) is 21.3 Å². The van der Waals surface area contributed by atoms with Crippen molar-refractivity contribution in [2.24, 2.45) is 0 Å². The Hall–Kier alpha value is -1.10. The molecule has 0 unspecified atom stereocenters. The van der Waals surface area contributed by atoms with Crippen LogP contribution in [0, 0.1) is 0 Å². The molecule has 1 aromatic carbocycles. The molecule has 0 aliphatic rings. The fraction of sp³-hybridized carbons (Fsp3) is 0.455. The highest BCUT2D eigenvalue weighted by Crippen LogP contribution is 2.20. The Bertz CT molecular complexity index is 302. The van der Waals surface area contributed by atoms with Gasteiger partial charge in [0.25, 0.3) is 0 Å². The molecule has 0 spiro atoms. The van der Waals surface area contributed by atoms with E-state index in [0.717, 1.165) is 16.9 Å². The minimum Gasteiger partial charge on any atom is -0.496 e. The van der Waals surface area contributed by atoms with Crippen LogP contribution in [-0.2, 0) is 22.7 Å². The molecule has 4 nitrogen and oxygen atoms in total. The Kier molecular flexibility index (Phi) is 5.10. The van der Waals surface area contributed by atoms with Crippen LogP contribution >= 0.6 is 0 Å². The number of hydrogen-bond acceptors (Lipinski definition) is 4. The van der Waals surface area contributed by atoms with E-state index in [9.17, 15) is 0 Å². The van der Waals surface area contributed by atoms with Crippen LogP contribution in [0.2, 0.25) is 0 Å². The highest BCUT2D eigenvalue weighted by molar-refractivity contribution is 5.37. The smallest absolute Gasteiger partial charge is 0.123 e. The number of hydroxylamine groups is 1. The van der Waals surface area contributed by atoms with Crippen molar-refractivity contribution in [1.29, 1.82) is 0 Å². The maximum Gasteiger partial charge on any atom is 0.123 e. The molecule has 0 fully saturated rings. The van der Waals surface area contributed by atoms with Crippen LogP contribution in [0.5, 0.6) is 5.75 Å². The molecule has 4 heteroatoms. The molecule has 0 radical (unpaired) electrons. The van der Waals surface area contributed by atoms with Gasteiger partial charge >= 0.3 is 0 Å². The van der Waals surface area contributed by atoms with Crippen molar-refractivity contribution in [1.82, 2.24) is 5.48 Å². The van der Waals surface area contributed by atoms with E-state index in [2.05, 4.69) is 5.48 Å². The molecule has 0 aliphatic heterocycles. The van der Waals surface area contributed by atoms with Gasteiger partial charge in [-0.05, 0) is 17.7 Å². The van der Waals surface area contributed by atoms with Crippen molar-refractivity contribution in [3.8, 4) is 5.75 Å². The standard InChI is InChI=1S/C11H17NO3/c1-13-8-9-4-5-11(14-2)10(6-9)7-12-15-3/h4-6,12H,7-8H2,1-3H3. The van der Waals surface area contributed by atoms with Crippen molar-refractivity contribution in [3.05, 3.63) is 29.3 Å². The van der Waals surface area contributed by atoms with Gasteiger partial charge in [-0.3, -0.25) is 0 Å². The third-order valence-corrected chi connectivity index (χ3v) is 2.06. The number of rotatable bonds is 6. The molecule has 1 aromatic rings.